The molecule has 0 amide bonds. The van der Waals surface area contributed by atoms with Crippen LogP contribution in [0.1, 0.15) is 34.1 Å². The average Bonchev–Trinajstić information content (AvgIpc) is 1.85. The summed E-state index contributed by atoms with van der Waals surface area (Å²) in [6.45, 7) is 9.21. The van der Waals surface area contributed by atoms with Crippen LogP contribution in [-0.4, -0.2) is 25.0 Å². The van der Waals surface area contributed by atoms with Crippen LogP contribution >= 0.6 is 0 Å². The fourth-order valence-electron chi connectivity index (χ4n) is 2.00. The Bertz CT molecular complexity index is 89.0. The largest absolute Gasteiger partial charge is 0.306 e. The van der Waals surface area contributed by atoms with Gasteiger partial charge in [-0.2, -0.15) is 0 Å². The standard InChI is InChI=1S/C10H23N/c1-7-9(4)10(8(2)3)11(5)6/h8-10H,7H2,1-6H3/i11+1. The zero-order chi connectivity index (χ0) is 9.02. The molecule has 0 heterocycles. The minimum absolute atomic E-state index is 0.736. The maximum Gasteiger partial charge on any atom is 0.0138 e. The van der Waals surface area contributed by atoms with Crippen molar-refractivity contribution >= 4 is 0 Å². The molecule has 0 fully saturated rings. The van der Waals surface area contributed by atoms with Crippen molar-refractivity contribution in [3.63, 3.8) is 0 Å². The summed E-state index contributed by atoms with van der Waals surface area (Å²) >= 11 is 0. The Kier molecular flexibility index (Phi) is 4.74. The highest BCUT2D eigenvalue weighted by atomic mass is 15.8. The van der Waals surface area contributed by atoms with Gasteiger partial charge in [0, 0.05) is 6.04 Å². The second kappa shape index (κ2) is 4.76. The highest BCUT2D eigenvalue weighted by molar-refractivity contribution is 4.74. The first-order valence-electron chi connectivity index (χ1n) is 4.67. The molecule has 2 atom stereocenters. The van der Waals surface area contributed by atoms with Crippen molar-refractivity contribution in [2.75, 3.05) is 14.1 Å². The first kappa shape index (κ1) is 11.0. The fourth-order valence-corrected chi connectivity index (χ4v) is 2.00. The van der Waals surface area contributed by atoms with Gasteiger partial charge in [-0.25, -0.2) is 0 Å². The molecule has 0 aromatic rings. The van der Waals surface area contributed by atoms with Gasteiger partial charge in [-0.15, -0.1) is 0 Å². The number of hydrogen-bond donors (Lipinski definition) is 0. The maximum atomic E-state index is 2.35. The molecule has 2 unspecified atom stereocenters. The zero-order valence-corrected chi connectivity index (χ0v) is 8.89. The molecule has 0 aliphatic carbocycles. The van der Waals surface area contributed by atoms with E-state index in [1.807, 2.05) is 0 Å². The van der Waals surface area contributed by atoms with E-state index in [1.165, 1.54) is 6.42 Å². The Morgan fingerprint density at radius 2 is 1.55 bits per heavy atom. The van der Waals surface area contributed by atoms with Crippen molar-refractivity contribution in [3.05, 3.63) is 0 Å². The lowest BCUT2D eigenvalue weighted by Gasteiger charge is -2.32. The van der Waals surface area contributed by atoms with Crippen LogP contribution in [0.25, 0.3) is 0 Å². The quantitative estimate of drug-likeness (QED) is 0.568. The predicted molar refractivity (Wildman–Crippen MR) is 51.8 cm³/mol. The van der Waals surface area contributed by atoms with E-state index in [9.17, 15) is 0 Å². The van der Waals surface area contributed by atoms with E-state index >= 15 is 0 Å². The van der Waals surface area contributed by atoms with Crippen molar-refractivity contribution in [2.45, 2.75) is 40.2 Å². The van der Waals surface area contributed by atoms with Crippen LogP contribution in [0.2, 0.25) is 0 Å². The fraction of sp³-hybridized carbons (Fsp3) is 1.00. The molecule has 1 heteroatoms. The summed E-state index contributed by atoms with van der Waals surface area (Å²) in [5.41, 5.74) is 0. The molecule has 0 bridgehead atoms. The van der Waals surface area contributed by atoms with Gasteiger partial charge in [0.15, 0.2) is 0 Å². The molecule has 0 rings (SSSR count). The lowest BCUT2D eigenvalue weighted by atomic mass is 9.91. The number of nitrogens with zero attached hydrogens (tertiary/aromatic N) is 1. The van der Waals surface area contributed by atoms with E-state index in [2.05, 4.69) is 46.7 Å². The van der Waals surface area contributed by atoms with Crippen molar-refractivity contribution in [3.8, 4) is 0 Å². The molecule has 0 saturated heterocycles. The molecule has 11 heavy (non-hydrogen) atoms. The molecule has 1 nitrogen and oxygen atoms in total. The highest BCUT2D eigenvalue weighted by Crippen LogP contribution is 2.19. The first-order valence-corrected chi connectivity index (χ1v) is 4.67. The summed E-state index contributed by atoms with van der Waals surface area (Å²) in [6.07, 6.45) is 1.28. The Labute approximate surface area is 71.8 Å². The molecule has 0 aliphatic heterocycles. The zero-order valence-electron chi connectivity index (χ0n) is 8.89. The van der Waals surface area contributed by atoms with E-state index < -0.39 is 0 Å². The number of hydrogen-bond acceptors (Lipinski definition) is 1. The minimum atomic E-state index is 0.736. The highest BCUT2D eigenvalue weighted by Gasteiger charge is 2.20. The van der Waals surface area contributed by atoms with Crippen molar-refractivity contribution < 1.29 is 0 Å². The summed E-state index contributed by atoms with van der Waals surface area (Å²) in [5, 5.41) is 0. The summed E-state index contributed by atoms with van der Waals surface area (Å²) in [6, 6.07) is 0.736. The third kappa shape index (κ3) is 3.24. The van der Waals surface area contributed by atoms with E-state index in [-0.39, 0.29) is 0 Å². The number of rotatable bonds is 4. The Hall–Kier alpha value is -0.0400. The van der Waals surface area contributed by atoms with Gasteiger partial charge >= 0.3 is 0 Å². The second-order valence-corrected chi connectivity index (χ2v) is 4.08. The van der Waals surface area contributed by atoms with Gasteiger partial charge in [-0.1, -0.05) is 34.1 Å². The SMILES string of the molecule is CCC(C)C(C(C)C)[15N](C)C. The Balaban J connectivity index is 4.09. The van der Waals surface area contributed by atoms with E-state index in [1.54, 1.807) is 0 Å². The smallest absolute Gasteiger partial charge is 0.0138 e. The molecule has 0 saturated carbocycles. The van der Waals surface area contributed by atoms with Crippen LogP contribution in [0.3, 0.4) is 0 Å². The molecular formula is C10H23N. The maximum absolute atomic E-state index is 2.35. The van der Waals surface area contributed by atoms with Gasteiger partial charge in [-0.05, 0) is 25.9 Å². The van der Waals surface area contributed by atoms with Gasteiger partial charge in [0.05, 0.1) is 0 Å². The predicted octanol–water partition coefficient (Wildman–Crippen LogP) is 2.62. The van der Waals surface area contributed by atoms with Gasteiger partial charge in [0.25, 0.3) is 0 Å². The first-order chi connectivity index (χ1) is 5.00. The lowest BCUT2D eigenvalue weighted by Crippen LogP contribution is -2.38. The third-order valence-electron chi connectivity index (χ3n) is 2.51. The summed E-state index contributed by atoms with van der Waals surface area (Å²) in [5.74, 6) is 1.57. The van der Waals surface area contributed by atoms with Crippen LogP contribution in [0.5, 0.6) is 0 Å². The van der Waals surface area contributed by atoms with Gasteiger partial charge in [0.1, 0.15) is 0 Å². The van der Waals surface area contributed by atoms with Crippen LogP contribution in [-0.2, 0) is 0 Å². The summed E-state index contributed by atoms with van der Waals surface area (Å²) < 4.78 is 0. The van der Waals surface area contributed by atoms with Crippen LogP contribution in [0, 0.1) is 11.8 Å². The second-order valence-electron chi connectivity index (χ2n) is 4.08. The van der Waals surface area contributed by atoms with E-state index in [0.717, 1.165) is 17.9 Å². The van der Waals surface area contributed by atoms with Crippen molar-refractivity contribution in [1.29, 1.82) is 0 Å². The molecule has 0 aromatic carbocycles. The molecule has 68 valence electrons. The minimum Gasteiger partial charge on any atom is -0.306 e. The summed E-state index contributed by atoms with van der Waals surface area (Å²) in [7, 11) is 4.35. The molecule has 0 radical (unpaired) electrons. The van der Waals surface area contributed by atoms with E-state index in [4.69, 9.17) is 0 Å². The normalized spacial score (nSPS) is 17.5. The van der Waals surface area contributed by atoms with Crippen LogP contribution in [0.4, 0.5) is 0 Å². The van der Waals surface area contributed by atoms with Gasteiger partial charge in [0.2, 0.25) is 0 Å². The third-order valence-corrected chi connectivity index (χ3v) is 2.51. The average molecular weight is 158 g/mol. The molecule has 0 spiro atoms. The molecular weight excluding hydrogens is 135 g/mol. The Morgan fingerprint density at radius 1 is 1.09 bits per heavy atom. The molecule has 0 N–H and O–H groups in total. The van der Waals surface area contributed by atoms with Gasteiger partial charge < -0.3 is 4.90 Å². The van der Waals surface area contributed by atoms with Gasteiger partial charge in [-0.3, -0.25) is 0 Å². The Morgan fingerprint density at radius 3 is 1.64 bits per heavy atom. The summed E-state index contributed by atoms with van der Waals surface area (Å²) in [4.78, 5) is 2.35. The lowest BCUT2D eigenvalue weighted by molar-refractivity contribution is 0.164. The van der Waals surface area contributed by atoms with Crippen molar-refractivity contribution in [2.24, 2.45) is 11.8 Å². The van der Waals surface area contributed by atoms with Crippen LogP contribution < -0.4 is 0 Å². The molecule has 0 aromatic heterocycles. The molecule has 0 aliphatic rings. The topological polar surface area (TPSA) is 3.24 Å². The van der Waals surface area contributed by atoms with Crippen molar-refractivity contribution in [1.82, 2.24) is 4.90 Å². The van der Waals surface area contributed by atoms with Crippen LogP contribution in [0.15, 0.2) is 0 Å². The van der Waals surface area contributed by atoms with E-state index in [0.29, 0.717) is 0 Å². The monoisotopic (exact) mass is 158 g/mol.